The number of hydrogen-bond acceptors (Lipinski definition) is 6. The van der Waals surface area contributed by atoms with E-state index in [0.717, 1.165) is 6.54 Å². The molecule has 0 fully saturated rings. The van der Waals surface area contributed by atoms with Crippen molar-refractivity contribution >= 4 is 11.9 Å². The van der Waals surface area contributed by atoms with E-state index >= 15 is 0 Å². The molecule has 0 amide bonds. The van der Waals surface area contributed by atoms with Crippen molar-refractivity contribution in [3.63, 3.8) is 0 Å². The van der Waals surface area contributed by atoms with E-state index in [4.69, 9.17) is 9.47 Å². The Morgan fingerprint density at radius 3 is 1.71 bits per heavy atom. The molecule has 0 aliphatic carbocycles. The molecule has 0 saturated heterocycles. The first-order valence-electron chi connectivity index (χ1n) is 7.92. The van der Waals surface area contributed by atoms with Gasteiger partial charge in [-0.15, -0.1) is 0 Å². The van der Waals surface area contributed by atoms with Gasteiger partial charge < -0.3 is 19.7 Å². The quantitative estimate of drug-likeness (QED) is 0.414. The van der Waals surface area contributed by atoms with E-state index in [1.165, 1.54) is 0 Å². The number of nitrogens with one attached hydrogen (secondary N) is 1. The Labute approximate surface area is 146 Å². The van der Waals surface area contributed by atoms with E-state index in [-0.39, 0.29) is 17.5 Å². The molecule has 1 N–H and O–H groups in total. The van der Waals surface area contributed by atoms with Gasteiger partial charge >= 0.3 is 11.9 Å². The first-order valence-corrected chi connectivity index (χ1v) is 7.92. The Kier molecular flexibility index (Phi) is 13.0. The molecule has 0 atom stereocenters. The van der Waals surface area contributed by atoms with Gasteiger partial charge in [-0.25, -0.2) is 9.59 Å². The molecule has 0 rings (SSSR count). The maximum absolute atomic E-state index is 10.9. The number of carbonyl (C=O) groups is 2. The van der Waals surface area contributed by atoms with Gasteiger partial charge in [-0.3, -0.25) is 0 Å². The first-order chi connectivity index (χ1) is 10.9. The Bertz CT molecular complexity index is 423. The Balaban J connectivity index is 0. The van der Waals surface area contributed by atoms with Gasteiger partial charge in [0.15, 0.2) is 0 Å². The zero-order chi connectivity index (χ0) is 19.3. The predicted molar refractivity (Wildman–Crippen MR) is 97.9 cm³/mol. The van der Waals surface area contributed by atoms with E-state index in [0.29, 0.717) is 30.9 Å². The minimum atomic E-state index is -0.323. The average molecular weight is 342 g/mol. The van der Waals surface area contributed by atoms with Gasteiger partial charge in [-0.05, 0) is 48.7 Å². The van der Waals surface area contributed by atoms with Crippen LogP contribution in [0.3, 0.4) is 0 Å². The summed E-state index contributed by atoms with van der Waals surface area (Å²) in [5, 5.41) is 3.21. The Morgan fingerprint density at radius 2 is 1.38 bits per heavy atom. The molecule has 0 bridgehead atoms. The molecule has 0 aliphatic rings. The van der Waals surface area contributed by atoms with Gasteiger partial charge in [0.2, 0.25) is 0 Å². The Hall–Kier alpha value is -1.66. The monoisotopic (exact) mass is 342 g/mol. The highest BCUT2D eigenvalue weighted by Gasteiger charge is 2.08. The van der Waals surface area contributed by atoms with Gasteiger partial charge in [0.05, 0.1) is 0 Å². The van der Waals surface area contributed by atoms with Gasteiger partial charge in [-0.1, -0.05) is 13.2 Å². The average Bonchev–Trinajstić information content (AvgIpc) is 2.42. The third-order valence-corrected chi connectivity index (χ3v) is 2.46. The molecule has 0 heterocycles. The van der Waals surface area contributed by atoms with Crippen LogP contribution in [0.15, 0.2) is 24.3 Å². The molecule has 0 aromatic heterocycles. The van der Waals surface area contributed by atoms with Crippen LogP contribution in [0.5, 0.6) is 0 Å². The van der Waals surface area contributed by atoms with E-state index in [9.17, 15) is 9.59 Å². The minimum Gasteiger partial charge on any atom is -0.461 e. The summed E-state index contributed by atoms with van der Waals surface area (Å²) in [6.07, 6.45) is 0. The molecule has 24 heavy (non-hydrogen) atoms. The largest absolute Gasteiger partial charge is 0.461 e. The van der Waals surface area contributed by atoms with Crippen molar-refractivity contribution < 1.29 is 19.1 Å². The SMILES string of the molecule is C=C(C)C(=O)OCCN(C)C.C=C(C)C(=O)OCCNC(C)(C)C. The van der Waals surface area contributed by atoms with Crippen LogP contribution in [0.1, 0.15) is 34.6 Å². The number of rotatable bonds is 8. The summed E-state index contributed by atoms with van der Waals surface area (Å²) in [6.45, 7) is 18.7. The lowest BCUT2D eigenvalue weighted by molar-refractivity contribution is -0.139. The highest BCUT2D eigenvalue weighted by atomic mass is 16.5. The summed E-state index contributed by atoms with van der Waals surface area (Å²) < 4.78 is 9.73. The maximum atomic E-state index is 10.9. The molecule has 6 nitrogen and oxygen atoms in total. The Morgan fingerprint density at radius 1 is 0.958 bits per heavy atom. The second-order valence-corrected chi connectivity index (χ2v) is 6.81. The van der Waals surface area contributed by atoms with Crippen molar-refractivity contribution in [2.24, 2.45) is 0 Å². The number of carbonyl (C=O) groups excluding carboxylic acids is 2. The van der Waals surface area contributed by atoms with Crippen LogP contribution in [0.2, 0.25) is 0 Å². The van der Waals surface area contributed by atoms with Crippen LogP contribution >= 0.6 is 0 Å². The van der Waals surface area contributed by atoms with E-state index in [1.54, 1.807) is 13.8 Å². The third kappa shape index (κ3) is 18.4. The molecule has 0 unspecified atom stereocenters. The van der Waals surface area contributed by atoms with Crippen molar-refractivity contribution in [1.29, 1.82) is 0 Å². The number of likely N-dealkylation sites (N-methyl/N-ethyl adjacent to an activating group) is 1. The lowest BCUT2D eigenvalue weighted by Crippen LogP contribution is -2.38. The van der Waals surface area contributed by atoms with Crippen LogP contribution < -0.4 is 5.32 Å². The van der Waals surface area contributed by atoms with E-state index in [2.05, 4.69) is 39.2 Å². The molecule has 0 radical (unpaired) electrons. The lowest BCUT2D eigenvalue weighted by atomic mass is 10.1. The second kappa shape index (κ2) is 12.7. The van der Waals surface area contributed by atoms with Crippen molar-refractivity contribution in [3.05, 3.63) is 24.3 Å². The summed E-state index contributed by atoms with van der Waals surface area (Å²) in [5.74, 6) is -0.637. The van der Waals surface area contributed by atoms with Gasteiger partial charge in [0, 0.05) is 29.8 Å². The standard InChI is InChI=1S/C10H19NO2.C8H15NO2/c1-8(2)9(12)13-7-6-11-10(3,4)5;1-7(2)8(10)11-6-5-9(3)4/h11H,1,6-7H2,2-5H3;1,5-6H2,2-4H3. The first kappa shape index (κ1) is 24.6. The van der Waals surface area contributed by atoms with Crippen molar-refractivity contribution in [1.82, 2.24) is 10.2 Å². The minimum absolute atomic E-state index is 0.0651. The number of ether oxygens (including phenoxy) is 2. The fourth-order valence-corrected chi connectivity index (χ4v) is 1.14. The summed E-state index contributed by atoms with van der Waals surface area (Å²) in [4.78, 5) is 23.7. The predicted octanol–water partition coefficient (Wildman–Crippen LogP) is 2.16. The summed E-state index contributed by atoms with van der Waals surface area (Å²) in [7, 11) is 3.85. The molecule has 6 heteroatoms. The zero-order valence-corrected chi connectivity index (χ0v) is 16.3. The summed E-state index contributed by atoms with van der Waals surface area (Å²) in [5.41, 5.74) is 0.954. The lowest BCUT2D eigenvalue weighted by Gasteiger charge is -2.20. The second-order valence-electron chi connectivity index (χ2n) is 6.81. The van der Waals surface area contributed by atoms with Crippen LogP contribution in [-0.4, -0.2) is 62.8 Å². The van der Waals surface area contributed by atoms with Crippen molar-refractivity contribution in [2.45, 2.75) is 40.2 Å². The van der Waals surface area contributed by atoms with Crippen LogP contribution in [0.4, 0.5) is 0 Å². The molecule has 0 aliphatic heterocycles. The molecular formula is C18H34N2O4. The van der Waals surface area contributed by atoms with Gasteiger partial charge in [-0.2, -0.15) is 0 Å². The normalized spacial score (nSPS) is 10.5. The number of hydrogen-bond donors (Lipinski definition) is 1. The number of esters is 2. The topological polar surface area (TPSA) is 67.9 Å². The van der Waals surface area contributed by atoms with Gasteiger partial charge in [0.1, 0.15) is 13.2 Å². The third-order valence-electron chi connectivity index (χ3n) is 2.46. The van der Waals surface area contributed by atoms with Crippen LogP contribution in [-0.2, 0) is 19.1 Å². The molecule has 0 spiro atoms. The molecule has 0 saturated carbocycles. The highest BCUT2D eigenvalue weighted by Crippen LogP contribution is 1.97. The zero-order valence-electron chi connectivity index (χ0n) is 16.3. The molecule has 140 valence electrons. The molecule has 0 aromatic rings. The van der Waals surface area contributed by atoms with E-state index in [1.807, 2.05) is 19.0 Å². The fraction of sp³-hybridized carbons (Fsp3) is 0.667. The van der Waals surface area contributed by atoms with E-state index < -0.39 is 0 Å². The smallest absolute Gasteiger partial charge is 0.333 e. The summed E-state index contributed by atoms with van der Waals surface area (Å²) >= 11 is 0. The van der Waals surface area contributed by atoms with Gasteiger partial charge in [0.25, 0.3) is 0 Å². The van der Waals surface area contributed by atoms with Crippen molar-refractivity contribution in [2.75, 3.05) is 40.4 Å². The maximum Gasteiger partial charge on any atom is 0.333 e. The fourth-order valence-electron chi connectivity index (χ4n) is 1.14. The van der Waals surface area contributed by atoms with Crippen LogP contribution in [0.25, 0.3) is 0 Å². The molecule has 0 aromatic carbocycles. The number of nitrogens with zero attached hydrogens (tertiary/aromatic N) is 1. The van der Waals surface area contributed by atoms with Crippen molar-refractivity contribution in [3.8, 4) is 0 Å². The summed E-state index contributed by atoms with van der Waals surface area (Å²) in [6, 6.07) is 0. The molecular weight excluding hydrogens is 308 g/mol. The van der Waals surface area contributed by atoms with Crippen LogP contribution in [0, 0.1) is 0 Å². The highest BCUT2D eigenvalue weighted by molar-refractivity contribution is 5.87.